The molecule has 0 spiro atoms. The van der Waals surface area contributed by atoms with Gasteiger partial charge in [0.1, 0.15) is 11.9 Å². The van der Waals surface area contributed by atoms with Gasteiger partial charge in [-0.1, -0.05) is 37.1 Å². The van der Waals surface area contributed by atoms with Crippen molar-refractivity contribution in [3.63, 3.8) is 0 Å². The van der Waals surface area contributed by atoms with Gasteiger partial charge in [0.2, 0.25) is 11.8 Å². The highest BCUT2D eigenvalue weighted by Gasteiger charge is 2.44. The average Bonchev–Trinajstić information content (AvgIpc) is 3.10. The van der Waals surface area contributed by atoms with Crippen molar-refractivity contribution in [3.05, 3.63) is 35.4 Å². The summed E-state index contributed by atoms with van der Waals surface area (Å²) in [4.78, 5) is 27.2. The van der Waals surface area contributed by atoms with Crippen LogP contribution in [0.15, 0.2) is 24.3 Å². The fourth-order valence-electron chi connectivity index (χ4n) is 4.74. The lowest BCUT2D eigenvalue weighted by Crippen LogP contribution is -2.61. The van der Waals surface area contributed by atoms with Crippen molar-refractivity contribution in [1.29, 1.82) is 5.41 Å². The predicted molar refractivity (Wildman–Crippen MR) is 107 cm³/mol. The van der Waals surface area contributed by atoms with Crippen molar-refractivity contribution in [2.24, 2.45) is 11.7 Å². The van der Waals surface area contributed by atoms with Gasteiger partial charge >= 0.3 is 0 Å². The first-order chi connectivity index (χ1) is 13.5. The van der Waals surface area contributed by atoms with Crippen LogP contribution >= 0.6 is 0 Å². The number of hydrogen-bond donors (Lipinski definition) is 4. The molecule has 4 atom stereocenters. The zero-order valence-electron chi connectivity index (χ0n) is 16.1. The Morgan fingerprint density at radius 2 is 1.93 bits per heavy atom. The summed E-state index contributed by atoms with van der Waals surface area (Å²) in [5.41, 5.74) is 7.06. The van der Waals surface area contributed by atoms with E-state index in [-0.39, 0.29) is 29.7 Å². The maximum atomic E-state index is 12.9. The minimum atomic E-state index is -0.353. The molecule has 0 aromatic heterocycles. The van der Waals surface area contributed by atoms with E-state index in [4.69, 9.17) is 11.1 Å². The van der Waals surface area contributed by atoms with E-state index in [9.17, 15) is 9.59 Å². The number of amidine groups is 1. The zero-order valence-corrected chi connectivity index (χ0v) is 16.1. The highest BCUT2D eigenvalue weighted by atomic mass is 16.2. The Balaban J connectivity index is 1.29. The van der Waals surface area contributed by atoms with Gasteiger partial charge in [0, 0.05) is 24.7 Å². The van der Waals surface area contributed by atoms with Gasteiger partial charge in [-0.25, -0.2) is 0 Å². The number of carbonyl (C=O) groups excluding carboxylic acids is 2. The third-order valence-electron chi connectivity index (χ3n) is 6.50. The van der Waals surface area contributed by atoms with Crippen LogP contribution in [-0.4, -0.2) is 47.2 Å². The molecule has 1 aliphatic carbocycles. The number of nitrogens with two attached hydrogens (primary N) is 1. The van der Waals surface area contributed by atoms with E-state index >= 15 is 0 Å². The molecule has 7 nitrogen and oxygen atoms in total. The first kappa shape index (κ1) is 18.9. The van der Waals surface area contributed by atoms with E-state index in [0.29, 0.717) is 30.6 Å². The maximum absolute atomic E-state index is 12.9. The first-order valence-electron chi connectivity index (χ1n) is 10.3. The summed E-state index contributed by atoms with van der Waals surface area (Å²) in [6, 6.07) is 7.25. The second kappa shape index (κ2) is 7.91. The number of carbonyl (C=O) groups is 2. The molecule has 2 aliphatic heterocycles. The van der Waals surface area contributed by atoms with Crippen molar-refractivity contribution in [3.8, 4) is 0 Å². The van der Waals surface area contributed by atoms with E-state index in [0.717, 1.165) is 18.4 Å². The van der Waals surface area contributed by atoms with Crippen LogP contribution in [0.2, 0.25) is 0 Å². The normalized spacial score (nSPS) is 28.9. The fourth-order valence-corrected chi connectivity index (χ4v) is 4.74. The molecule has 2 amide bonds. The number of nitrogens with one attached hydrogen (secondary N) is 3. The third-order valence-corrected chi connectivity index (χ3v) is 6.50. The van der Waals surface area contributed by atoms with Crippen molar-refractivity contribution in [1.82, 2.24) is 15.5 Å². The summed E-state index contributed by atoms with van der Waals surface area (Å²) < 4.78 is 0. The molecule has 2 saturated heterocycles. The van der Waals surface area contributed by atoms with Crippen LogP contribution in [0.25, 0.3) is 0 Å². The van der Waals surface area contributed by atoms with Crippen molar-refractivity contribution < 1.29 is 9.59 Å². The molecule has 3 aliphatic rings. The number of fused-ring (bicyclic) bond motifs is 1. The van der Waals surface area contributed by atoms with Gasteiger partial charge in [0.15, 0.2) is 0 Å². The molecule has 1 saturated carbocycles. The molecule has 28 heavy (non-hydrogen) atoms. The van der Waals surface area contributed by atoms with Gasteiger partial charge in [-0.2, -0.15) is 0 Å². The predicted octanol–water partition coefficient (Wildman–Crippen LogP) is 1.11. The Morgan fingerprint density at radius 1 is 1.18 bits per heavy atom. The standard InChI is InChI=1S/C21H29N5O2/c22-19(23)14-7-5-13(6-8-14)12-24-20(27)18-9-10-26(18)21(28)17-11-15-3-1-2-4-16(15)25-17/h5-8,15-18,25H,1-4,9-12H2,(H3,22,23)(H,24,27)/t15?,16?,17?,18-/m0/s1. The highest BCUT2D eigenvalue weighted by Crippen LogP contribution is 2.34. The van der Waals surface area contributed by atoms with Gasteiger partial charge < -0.3 is 21.3 Å². The molecule has 3 unspecified atom stereocenters. The topological polar surface area (TPSA) is 111 Å². The van der Waals surface area contributed by atoms with Crippen molar-refractivity contribution >= 4 is 17.6 Å². The third kappa shape index (κ3) is 3.76. The second-order valence-corrected chi connectivity index (χ2v) is 8.27. The minimum Gasteiger partial charge on any atom is -0.384 e. The number of rotatable bonds is 5. The van der Waals surface area contributed by atoms with E-state index in [1.54, 1.807) is 17.0 Å². The number of amides is 2. The van der Waals surface area contributed by atoms with Crippen molar-refractivity contribution in [2.45, 2.75) is 63.2 Å². The van der Waals surface area contributed by atoms with E-state index in [2.05, 4.69) is 10.6 Å². The van der Waals surface area contributed by atoms with Gasteiger partial charge in [0.25, 0.3) is 0 Å². The molecule has 2 heterocycles. The molecular formula is C21H29N5O2. The molecule has 0 radical (unpaired) electrons. The number of nitrogens with zero attached hydrogens (tertiary/aromatic N) is 1. The van der Waals surface area contributed by atoms with Crippen molar-refractivity contribution in [2.75, 3.05) is 6.54 Å². The van der Waals surface area contributed by atoms with Crippen LogP contribution in [-0.2, 0) is 16.1 Å². The summed E-state index contributed by atoms with van der Waals surface area (Å²) >= 11 is 0. The molecule has 4 rings (SSSR count). The first-order valence-corrected chi connectivity index (χ1v) is 10.3. The molecule has 7 heteroatoms. The van der Waals surface area contributed by atoms with E-state index in [1.165, 1.54) is 25.7 Å². The fraction of sp³-hybridized carbons (Fsp3) is 0.571. The largest absolute Gasteiger partial charge is 0.384 e. The van der Waals surface area contributed by atoms with Crippen LogP contribution in [0.1, 0.15) is 49.7 Å². The molecular weight excluding hydrogens is 354 g/mol. The van der Waals surface area contributed by atoms with Crippen LogP contribution < -0.4 is 16.4 Å². The lowest BCUT2D eigenvalue weighted by molar-refractivity contribution is -0.148. The van der Waals surface area contributed by atoms with Crippen LogP contribution in [0, 0.1) is 11.3 Å². The average molecular weight is 383 g/mol. The summed E-state index contributed by atoms with van der Waals surface area (Å²) in [6.07, 6.45) is 6.54. The van der Waals surface area contributed by atoms with Gasteiger partial charge in [-0.15, -0.1) is 0 Å². The van der Waals surface area contributed by atoms with E-state index < -0.39 is 0 Å². The summed E-state index contributed by atoms with van der Waals surface area (Å²) in [5.74, 6) is 0.645. The Labute approximate surface area is 165 Å². The molecule has 3 fully saturated rings. The quantitative estimate of drug-likeness (QED) is 0.451. The second-order valence-electron chi connectivity index (χ2n) is 8.27. The van der Waals surface area contributed by atoms with Crippen LogP contribution in [0.3, 0.4) is 0 Å². The molecule has 1 aromatic rings. The van der Waals surface area contributed by atoms with Gasteiger partial charge in [-0.3, -0.25) is 15.0 Å². The van der Waals surface area contributed by atoms with Crippen LogP contribution in [0.5, 0.6) is 0 Å². The Hall–Kier alpha value is -2.41. The lowest BCUT2D eigenvalue weighted by atomic mass is 9.85. The highest BCUT2D eigenvalue weighted by molar-refractivity contribution is 5.95. The SMILES string of the molecule is N=C(N)c1ccc(CNC(=O)[C@@H]2CCN2C(=O)C2CC3CCCCC3N2)cc1. The summed E-state index contributed by atoms with van der Waals surface area (Å²) in [7, 11) is 0. The maximum Gasteiger partial charge on any atom is 0.243 e. The summed E-state index contributed by atoms with van der Waals surface area (Å²) in [5, 5.41) is 13.9. The van der Waals surface area contributed by atoms with E-state index in [1.807, 2.05) is 12.1 Å². The monoisotopic (exact) mass is 383 g/mol. The zero-order chi connectivity index (χ0) is 19.7. The Bertz CT molecular complexity index is 749. The van der Waals surface area contributed by atoms with Gasteiger partial charge in [0.05, 0.1) is 6.04 Å². The molecule has 1 aromatic carbocycles. The lowest BCUT2D eigenvalue weighted by Gasteiger charge is -2.41. The number of hydrogen-bond acceptors (Lipinski definition) is 4. The Kier molecular flexibility index (Phi) is 5.35. The van der Waals surface area contributed by atoms with Crippen LogP contribution in [0.4, 0.5) is 0 Å². The smallest absolute Gasteiger partial charge is 0.243 e. The molecule has 5 N–H and O–H groups in total. The molecule has 0 bridgehead atoms. The number of nitrogen functional groups attached to an aromatic ring is 1. The number of benzene rings is 1. The summed E-state index contributed by atoms with van der Waals surface area (Å²) in [6.45, 7) is 1.07. The molecule has 150 valence electrons. The van der Waals surface area contributed by atoms with Gasteiger partial charge in [-0.05, 0) is 37.2 Å². The number of likely N-dealkylation sites (tertiary alicyclic amines) is 1. The Morgan fingerprint density at radius 3 is 2.57 bits per heavy atom. The minimum absolute atomic E-state index is 0.0274.